The predicted molar refractivity (Wildman–Crippen MR) is 158 cm³/mol. The monoisotopic (exact) mass is 625 g/mol. The highest BCUT2D eigenvalue weighted by Gasteiger charge is 2.32. The Morgan fingerprint density at radius 2 is 1.86 bits per heavy atom. The molecule has 1 aliphatic heterocycles. The number of nitrogens with zero attached hydrogens (tertiary/aromatic N) is 6. The highest BCUT2D eigenvalue weighted by Crippen LogP contribution is 2.42. The van der Waals surface area contributed by atoms with Crippen molar-refractivity contribution in [2.75, 3.05) is 68.1 Å². The number of hydrogen-bond acceptors (Lipinski definition) is 10. The zero-order chi connectivity index (χ0) is 31.3. The topological polar surface area (TPSA) is 107 Å². The number of thiazole rings is 1. The molecule has 0 radical (unpaired) electrons. The van der Waals surface area contributed by atoms with Crippen molar-refractivity contribution in [1.82, 2.24) is 19.9 Å². The number of alkyl halides is 3. The average molecular weight is 626 g/mol. The first-order valence-electron chi connectivity index (χ1n) is 13.8. The van der Waals surface area contributed by atoms with Crippen LogP contribution in [0, 0.1) is 12.7 Å². The Morgan fingerprint density at radius 1 is 1.14 bits per heavy atom. The number of anilines is 4. The largest absolute Gasteiger partial charge is 0.481 e. The number of methoxy groups -OCH3 is 1. The minimum absolute atomic E-state index is 0.00928. The van der Waals surface area contributed by atoms with Crippen LogP contribution in [-0.2, 0) is 15.7 Å². The first-order valence-corrected chi connectivity index (χ1v) is 14.6. The van der Waals surface area contributed by atoms with E-state index in [1.165, 1.54) is 11.3 Å². The van der Waals surface area contributed by atoms with Crippen molar-refractivity contribution in [2.24, 2.45) is 0 Å². The van der Waals surface area contributed by atoms with Gasteiger partial charge in [-0.25, -0.2) is 19.3 Å². The van der Waals surface area contributed by atoms with Crippen LogP contribution < -0.4 is 15.1 Å². The van der Waals surface area contributed by atoms with Gasteiger partial charge in [0.2, 0.25) is 0 Å². The summed E-state index contributed by atoms with van der Waals surface area (Å²) < 4.78 is 60.4. The Morgan fingerprint density at radius 3 is 2.49 bits per heavy atom. The smallest absolute Gasteiger partial charge is 0.416 e. The molecule has 1 fully saturated rings. The number of ether oxygens (including phenoxy) is 1. The summed E-state index contributed by atoms with van der Waals surface area (Å²) in [5.74, 6) is -0.189. The summed E-state index contributed by atoms with van der Waals surface area (Å²) in [6.07, 6.45) is -4.64. The molecule has 0 spiro atoms. The van der Waals surface area contributed by atoms with Gasteiger partial charge in [0, 0.05) is 64.0 Å². The third kappa shape index (κ3) is 8.51. The zero-order valence-corrected chi connectivity index (χ0v) is 25.2. The summed E-state index contributed by atoms with van der Waals surface area (Å²) in [6, 6.07) is 4.14. The van der Waals surface area contributed by atoms with Crippen molar-refractivity contribution in [3.8, 4) is 11.3 Å². The number of hydrogen-bond donors (Lipinski definition) is 2. The van der Waals surface area contributed by atoms with E-state index in [0.29, 0.717) is 79.5 Å². The summed E-state index contributed by atoms with van der Waals surface area (Å²) in [5, 5.41) is 13.1. The molecule has 43 heavy (non-hydrogen) atoms. The van der Waals surface area contributed by atoms with Crippen molar-refractivity contribution >= 4 is 39.1 Å². The standard InChI is InChI=1S/C28H35F4N7O3S/c1-17(2)39(11-12-42-4)26-25(19-13-20(28(30,31)32)15-21(29)14-19)36-27(43-26)35-22-16-23(34-18(3)33-22)38-9-7-37(8-10-38)6-5-24(40)41/h13-17H,5-12H2,1-4H3,(H,40,41)(H,33,34,35,36). The van der Waals surface area contributed by atoms with Gasteiger partial charge in [-0.2, -0.15) is 13.2 Å². The molecular formula is C28H35F4N7O3S. The van der Waals surface area contributed by atoms with Crippen LogP contribution in [0.2, 0.25) is 0 Å². The van der Waals surface area contributed by atoms with Gasteiger partial charge < -0.3 is 25.0 Å². The number of nitrogens with one attached hydrogen (secondary N) is 1. The second-order valence-electron chi connectivity index (χ2n) is 10.4. The molecule has 0 amide bonds. The molecule has 3 aromatic rings. The molecule has 15 heteroatoms. The van der Waals surface area contributed by atoms with Gasteiger partial charge in [0.25, 0.3) is 0 Å². The Bertz CT molecular complexity index is 1410. The number of carbonyl (C=O) groups is 1. The second kappa shape index (κ2) is 13.8. The Labute approximate surface area is 251 Å². The maximum atomic E-state index is 14.4. The van der Waals surface area contributed by atoms with Gasteiger partial charge >= 0.3 is 12.1 Å². The number of aromatic nitrogens is 3. The first kappa shape index (κ1) is 32.4. The number of benzene rings is 1. The van der Waals surface area contributed by atoms with Crippen LogP contribution in [0.15, 0.2) is 24.3 Å². The molecule has 234 valence electrons. The number of halogens is 4. The van der Waals surface area contributed by atoms with Gasteiger partial charge in [0.15, 0.2) is 5.13 Å². The van der Waals surface area contributed by atoms with E-state index < -0.39 is 23.5 Å². The molecule has 1 aliphatic rings. The molecule has 1 aromatic carbocycles. The highest BCUT2D eigenvalue weighted by atomic mass is 32.1. The molecule has 1 saturated heterocycles. The fourth-order valence-electron chi connectivity index (χ4n) is 4.76. The van der Waals surface area contributed by atoms with Crippen LogP contribution in [0.3, 0.4) is 0 Å². The summed E-state index contributed by atoms with van der Waals surface area (Å²) in [4.78, 5) is 30.7. The van der Waals surface area contributed by atoms with Crippen LogP contribution in [0.4, 0.5) is 39.3 Å². The Kier molecular flexibility index (Phi) is 10.4. The fourth-order valence-corrected chi connectivity index (χ4v) is 5.92. The zero-order valence-electron chi connectivity index (χ0n) is 24.4. The molecule has 4 rings (SSSR count). The lowest BCUT2D eigenvalue weighted by atomic mass is 10.1. The average Bonchev–Trinajstić information content (AvgIpc) is 3.34. The maximum absolute atomic E-state index is 14.4. The molecule has 2 aromatic heterocycles. The minimum Gasteiger partial charge on any atom is -0.481 e. The van der Waals surface area contributed by atoms with Gasteiger partial charge in [0.05, 0.1) is 18.6 Å². The van der Waals surface area contributed by atoms with E-state index in [1.54, 1.807) is 20.1 Å². The number of piperazine rings is 1. The Hall–Kier alpha value is -3.56. The summed E-state index contributed by atoms with van der Waals surface area (Å²) in [5.41, 5.74) is -0.871. The number of aliphatic carboxylic acids is 1. The fraction of sp³-hybridized carbons (Fsp3) is 0.500. The third-order valence-corrected chi connectivity index (χ3v) is 7.93. The second-order valence-corrected chi connectivity index (χ2v) is 11.4. The maximum Gasteiger partial charge on any atom is 0.416 e. The van der Waals surface area contributed by atoms with E-state index in [2.05, 4.69) is 30.1 Å². The van der Waals surface area contributed by atoms with E-state index >= 15 is 0 Å². The van der Waals surface area contributed by atoms with Crippen molar-refractivity contribution < 1.29 is 32.2 Å². The first-order chi connectivity index (χ1) is 20.3. The number of aryl methyl sites for hydroxylation is 1. The van der Waals surface area contributed by atoms with Crippen LogP contribution in [0.25, 0.3) is 11.3 Å². The van der Waals surface area contributed by atoms with Gasteiger partial charge in [-0.15, -0.1) is 0 Å². The van der Waals surface area contributed by atoms with E-state index in [9.17, 15) is 22.4 Å². The summed E-state index contributed by atoms with van der Waals surface area (Å²) in [6.45, 7) is 9.65. The molecule has 0 unspecified atom stereocenters. The van der Waals surface area contributed by atoms with Crippen LogP contribution in [-0.4, -0.2) is 90.0 Å². The van der Waals surface area contributed by atoms with E-state index in [4.69, 9.17) is 9.84 Å². The molecule has 3 heterocycles. The lowest BCUT2D eigenvalue weighted by Crippen LogP contribution is -2.47. The van der Waals surface area contributed by atoms with Crippen molar-refractivity contribution in [3.63, 3.8) is 0 Å². The number of carboxylic acids is 1. The molecular weight excluding hydrogens is 590 g/mol. The van der Waals surface area contributed by atoms with E-state index in [-0.39, 0.29) is 23.7 Å². The van der Waals surface area contributed by atoms with Crippen molar-refractivity contribution in [2.45, 2.75) is 39.4 Å². The van der Waals surface area contributed by atoms with Gasteiger partial charge in [-0.1, -0.05) is 11.3 Å². The number of rotatable bonds is 12. The molecule has 0 saturated carbocycles. The van der Waals surface area contributed by atoms with E-state index in [1.807, 2.05) is 18.7 Å². The van der Waals surface area contributed by atoms with Crippen LogP contribution in [0.5, 0.6) is 0 Å². The minimum atomic E-state index is -4.72. The number of carboxylic acid groups (broad SMARTS) is 1. The third-order valence-electron chi connectivity index (χ3n) is 6.93. The van der Waals surface area contributed by atoms with Crippen molar-refractivity contribution in [1.29, 1.82) is 0 Å². The summed E-state index contributed by atoms with van der Waals surface area (Å²) >= 11 is 1.23. The molecule has 10 nitrogen and oxygen atoms in total. The van der Waals surface area contributed by atoms with Gasteiger partial charge in [-0.05, 0) is 39.0 Å². The Balaban J connectivity index is 1.65. The highest BCUT2D eigenvalue weighted by molar-refractivity contribution is 7.20. The lowest BCUT2D eigenvalue weighted by molar-refractivity contribution is -0.138. The predicted octanol–water partition coefficient (Wildman–Crippen LogP) is 5.27. The van der Waals surface area contributed by atoms with Crippen molar-refractivity contribution in [3.05, 3.63) is 41.5 Å². The normalized spacial score (nSPS) is 14.4. The van der Waals surface area contributed by atoms with Crippen LogP contribution in [0.1, 0.15) is 31.7 Å². The quantitative estimate of drug-likeness (QED) is 0.259. The molecule has 0 atom stereocenters. The SMILES string of the molecule is COCCN(c1sc(Nc2cc(N3CCN(CCC(=O)O)CC3)nc(C)n2)nc1-c1cc(F)cc(C(F)(F)F)c1)C(C)C. The molecule has 0 aliphatic carbocycles. The van der Waals surface area contributed by atoms with Gasteiger partial charge in [0.1, 0.15) is 34.0 Å². The summed E-state index contributed by atoms with van der Waals surface area (Å²) in [7, 11) is 1.56. The van der Waals surface area contributed by atoms with Gasteiger partial charge in [-0.3, -0.25) is 9.69 Å². The molecule has 2 N–H and O–H groups in total. The van der Waals surface area contributed by atoms with E-state index in [0.717, 1.165) is 12.1 Å². The lowest BCUT2D eigenvalue weighted by Gasteiger charge is -2.35. The van der Waals surface area contributed by atoms with Crippen LogP contribution >= 0.6 is 11.3 Å². The molecule has 0 bridgehead atoms.